The van der Waals surface area contributed by atoms with Crippen molar-refractivity contribution in [1.82, 2.24) is 5.32 Å². The van der Waals surface area contributed by atoms with Gasteiger partial charge < -0.3 is 5.32 Å². The van der Waals surface area contributed by atoms with Gasteiger partial charge in [-0.1, -0.05) is 51.0 Å². The third-order valence-electron chi connectivity index (χ3n) is 3.81. The lowest BCUT2D eigenvalue weighted by Gasteiger charge is -2.11. The molecule has 2 nitrogen and oxygen atoms in total. The minimum atomic E-state index is 0.206. The van der Waals surface area contributed by atoms with Crippen LogP contribution in [0.25, 0.3) is 0 Å². The van der Waals surface area contributed by atoms with Gasteiger partial charge in [-0.15, -0.1) is 0 Å². The smallest absolute Gasteiger partial charge is 0.176 e. The molecule has 0 saturated heterocycles. The highest BCUT2D eigenvalue weighted by Crippen LogP contribution is 2.18. The maximum atomic E-state index is 12.0. The molecule has 0 aromatic heterocycles. The molecule has 0 aliphatic heterocycles. The Bertz CT molecular complexity index is 388. The van der Waals surface area contributed by atoms with Crippen molar-refractivity contribution < 1.29 is 4.79 Å². The molecule has 1 aromatic rings. The molecule has 1 N–H and O–H groups in total. The van der Waals surface area contributed by atoms with E-state index in [1.165, 1.54) is 31.2 Å². The van der Waals surface area contributed by atoms with Crippen molar-refractivity contribution in [2.24, 2.45) is 0 Å². The van der Waals surface area contributed by atoms with Crippen molar-refractivity contribution in [1.29, 1.82) is 0 Å². The lowest BCUT2D eigenvalue weighted by molar-refractivity contribution is 0.0987. The van der Waals surface area contributed by atoms with Crippen molar-refractivity contribution in [3.63, 3.8) is 0 Å². The Morgan fingerprint density at radius 3 is 2.39 bits per heavy atom. The summed E-state index contributed by atoms with van der Waals surface area (Å²) in [5.41, 5.74) is 2.11. The first-order valence-electron chi connectivity index (χ1n) is 7.03. The van der Waals surface area contributed by atoms with Crippen LogP contribution in [0.15, 0.2) is 24.3 Å². The Morgan fingerprint density at radius 2 is 1.83 bits per heavy atom. The summed E-state index contributed by atoms with van der Waals surface area (Å²) in [6.45, 7) is 4.81. The number of carbonyl (C=O) groups excluding carboxylic acids is 1. The monoisotopic (exact) mass is 245 g/mol. The first-order chi connectivity index (χ1) is 8.66. The molecule has 2 heteroatoms. The zero-order chi connectivity index (χ0) is 13.0. The van der Waals surface area contributed by atoms with Gasteiger partial charge in [0, 0.05) is 11.6 Å². The lowest BCUT2D eigenvalue weighted by atomic mass is 10.0. The van der Waals surface area contributed by atoms with Crippen molar-refractivity contribution in [2.75, 3.05) is 6.54 Å². The molecule has 98 valence electrons. The fourth-order valence-electron chi connectivity index (χ4n) is 2.52. The standard InChI is InChI=1S/C16H23NO/c1-12(2)13-7-9-14(10-8-13)16(18)11-17-15-5-3-4-6-15/h7-10,12,15,17H,3-6,11H2,1-2H3. The van der Waals surface area contributed by atoms with Crippen LogP contribution in [0.3, 0.4) is 0 Å². The third kappa shape index (κ3) is 3.42. The summed E-state index contributed by atoms with van der Waals surface area (Å²) in [5.74, 6) is 0.725. The first kappa shape index (κ1) is 13.3. The predicted molar refractivity (Wildman–Crippen MR) is 75.1 cm³/mol. The summed E-state index contributed by atoms with van der Waals surface area (Å²) in [4.78, 5) is 12.0. The van der Waals surface area contributed by atoms with Gasteiger partial charge in [-0.3, -0.25) is 4.79 Å². The van der Waals surface area contributed by atoms with E-state index in [4.69, 9.17) is 0 Å². The summed E-state index contributed by atoms with van der Waals surface area (Å²) in [7, 11) is 0. The van der Waals surface area contributed by atoms with E-state index in [1.54, 1.807) is 0 Å². The Kier molecular flexibility index (Phi) is 4.54. The lowest BCUT2D eigenvalue weighted by Crippen LogP contribution is -2.31. The summed E-state index contributed by atoms with van der Waals surface area (Å²) in [6, 6.07) is 8.59. The summed E-state index contributed by atoms with van der Waals surface area (Å²) < 4.78 is 0. The van der Waals surface area contributed by atoms with Gasteiger partial charge in [0.05, 0.1) is 6.54 Å². The molecular weight excluding hydrogens is 222 g/mol. The molecule has 0 bridgehead atoms. The quantitative estimate of drug-likeness (QED) is 0.804. The minimum Gasteiger partial charge on any atom is -0.307 e. The molecule has 0 heterocycles. The average Bonchev–Trinajstić information content (AvgIpc) is 2.89. The SMILES string of the molecule is CC(C)c1ccc(C(=O)CNC2CCCC2)cc1. The van der Waals surface area contributed by atoms with Crippen molar-refractivity contribution >= 4 is 5.78 Å². The molecule has 0 spiro atoms. The fourth-order valence-corrected chi connectivity index (χ4v) is 2.52. The highest BCUT2D eigenvalue weighted by molar-refractivity contribution is 5.97. The van der Waals surface area contributed by atoms with Crippen LogP contribution >= 0.6 is 0 Å². The molecule has 2 rings (SSSR count). The zero-order valence-electron chi connectivity index (χ0n) is 11.4. The van der Waals surface area contributed by atoms with E-state index >= 15 is 0 Å². The number of hydrogen-bond acceptors (Lipinski definition) is 2. The Hall–Kier alpha value is -1.15. The topological polar surface area (TPSA) is 29.1 Å². The largest absolute Gasteiger partial charge is 0.307 e. The normalized spacial score (nSPS) is 16.4. The van der Waals surface area contributed by atoms with Gasteiger partial charge in [0.15, 0.2) is 5.78 Å². The van der Waals surface area contributed by atoms with Crippen LogP contribution in [0.5, 0.6) is 0 Å². The summed E-state index contributed by atoms with van der Waals surface area (Å²) >= 11 is 0. The first-order valence-corrected chi connectivity index (χ1v) is 7.03. The van der Waals surface area contributed by atoms with Gasteiger partial charge in [-0.05, 0) is 24.3 Å². The average molecular weight is 245 g/mol. The van der Waals surface area contributed by atoms with Crippen LogP contribution in [0.4, 0.5) is 0 Å². The van der Waals surface area contributed by atoms with E-state index in [-0.39, 0.29) is 5.78 Å². The van der Waals surface area contributed by atoms with Crippen molar-refractivity contribution in [3.8, 4) is 0 Å². The maximum Gasteiger partial charge on any atom is 0.176 e. The second kappa shape index (κ2) is 6.14. The molecule has 1 saturated carbocycles. The van der Waals surface area contributed by atoms with Gasteiger partial charge in [-0.25, -0.2) is 0 Å². The summed E-state index contributed by atoms with van der Waals surface area (Å²) in [6.07, 6.45) is 5.04. The zero-order valence-corrected chi connectivity index (χ0v) is 11.4. The minimum absolute atomic E-state index is 0.206. The second-order valence-corrected chi connectivity index (χ2v) is 5.56. The van der Waals surface area contributed by atoms with Gasteiger partial charge >= 0.3 is 0 Å². The fraction of sp³-hybridized carbons (Fsp3) is 0.562. The molecule has 0 amide bonds. The van der Waals surface area contributed by atoms with Crippen LogP contribution in [-0.2, 0) is 0 Å². The van der Waals surface area contributed by atoms with E-state index in [2.05, 4.69) is 31.3 Å². The van der Waals surface area contributed by atoms with Crippen LogP contribution in [0.2, 0.25) is 0 Å². The van der Waals surface area contributed by atoms with Crippen molar-refractivity contribution in [2.45, 2.75) is 51.5 Å². The second-order valence-electron chi connectivity index (χ2n) is 5.56. The van der Waals surface area contributed by atoms with Gasteiger partial charge in [0.2, 0.25) is 0 Å². The molecule has 1 aliphatic rings. The molecule has 0 unspecified atom stereocenters. The molecule has 18 heavy (non-hydrogen) atoms. The highest BCUT2D eigenvalue weighted by atomic mass is 16.1. The van der Waals surface area contributed by atoms with Gasteiger partial charge in [0.25, 0.3) is 0 Å². The predicted octanol–water partition coefficient (Wildman–Crippen LogP) is 3.52. The third-order valence-corrected chi connectivity index (χ3v) is 3.81. The number of Topliss-reactive ketones (excluding diaryl/α,β-unsaturated/α-hetero) is 1. The van der Waals surface area contributed by atoms with E-state index in [1.807, 2.05) is 12.1 Å². The van der Waals surface area contributed by atoms with Gasteiger partial charge in [-0.2, -0.15) is 0 Å². The molecule has 0 atom stereocenters. The highest BCUT2D eigenvalue weighted by Gasteiger charge is 2.15. The van der Waals surface area contributed by atoms with Gasteiger partial charge in [0.1, 0.15) is 0 Å². The van der Waals surface area contributed by atoms with Crippen molar-refractivity contribution in [3.05, 3.63) is 35.4 Å². The number of hydrogen-bond donors (Lipinski definition) is 1. The van der Waals surface area contributed by atoms with E-state index in [0.29, 0.717) is 18.5 Å². The molecule has 1 fully saturated rings. The number of ketones is 1. The van der Waals surface area contributed by atoms with Crippen LogP contribution in [0, 0.1) is 0 Å². The van der Waals surface area contributed by atoms with Crippen LogP contribution in [0.1, 0.15) is 61.4 Å². The number of carbonyl (C=O) groups is 1. The van der Waals surface area contributed by atoms with E-state index in [9.17, 15) is 4.79 Å². The molecule has 1 aromatic carbocycles. The Balaban J connectivity index is 1.87. The number of nitrogens with one attached hydrogen (secondary N) is 1. The summed E-state index contributed by atoms with van der Waals surface area (Å²) in [5, 5.41) is 3.37. The number of benzene rings is 1. The Labute approximate surface area is 110 Å². The Morgan fingerprint density at radius 1 is 1.22 bits per heavy atom. The van der Waals surface area contributed by atoms with E-state index < -0.39 is 0 Å². The molecule has 0 radical (unpaired) electrons. The maximum absolute atomic E-state index is 12.0. The van der Waals surface area contributed by atoms with Crippen LogP contribution < -0.4 is 5.32 Å². The van der Waals surface area contributed by atoms with E-state index in [0.717, 1.165) is 5.56 Å². The number of rotatable bonds is 5. The van der Waals surface area contributed by atoms with Crippen LogP contribution in [-0.4, -0.2) is 18.4 Å². The molecular formula is C16H23NO. The molecule has 1 aliphatic carbocycles.